The number of esters is 1. The summed E-state index contributed by atoms with van der Waals surface area (Å²) in [6.45, 7) is 5.19. The predicted octanol–water partition coefficient (Wildman–Crippen LogP) is 0.997. The van der Waals surface area contributed by atoms with Crippen LogP contribution in [0.5, 0.6) is 0 Å². The Morgan fingerprint density at radius 3 is 2.53 bits per heavy atom. The number of hydrogen-bond acceptors (Lipinski definition) is 4. The highest BCUT2D eigenvalue weighted by Crippen LogP contribution is 2.05. The van der Waals surface area contributed by atoms with Crippen molar-refractivity contribution in [2.75, 3.05) is 20.7 Å². The largest absolute Gasteiger partial charge is 0.468 e. The van der Waals surface area contributed by atoms with Crippen LogP contribution in [0.1, 0.15) is 33.1 Å². The van der Waals surface area contributed by atoms with E-state index in [1.54, 1.807) is 0 Å². The summed E-state index contributed by atoms with van der Waals surface area (Å²) in [6, 6.07) is 0.0473. The molecule has 0 radical (unpaired) electrons. The van der Waals surface area contributed by atoms with Crippen LogP contribution in [-0.2, 0) is 9.53 Å². The fraction of sp³-hybridized carbons (Fsp3) is 0.909. The summed E-state index contributed by atoms with van der Waals surface area (Å²) in [5, 5.41) is 0. The molecule has 2 unspecified atom stereocenters. The zero-order valence-electron chi connectivity index (χ0n) is 10.3. The lowest BCUT2D eigenvalue weighted by Crippen LogP contribution is -2.37. The summed E-state index contributed by atoms with van der Waals surface area (Å²) in [4.78, 5) is 13.3. The normalized spacial score (nSPS) is 15.1. The zero-order chi connectivity index (χ0) is 11.8. The Kier molecular flexibility index (Phi) is 7.34. The first kappa shape index (κ1) is 14.4. The molecule has 2 atom stereocenters. The van der Waals surface area contributed by atoms with Gasteiger partial charge in [0.05, 0.1) is 7.11 Å². The van der Waals surface area contributed by atoms with Gasteiger partial charge in [0.15, 0.2) is 0 Å². The zero-order valence-corrected chi connectivity index (χ0v) is 10.3. The second-order valence-corrected chi connectivity index (χ2v) is 4.04. The number of carbonyl (C=O) groups is 1. The van der Waals surface area contributed by atoms with E-state index >= 15 is 0 Å². The summed E-state index contributed by atoms with van der Waals surface area (Å²) in [7, 11) is 3.43. The first-order valence-electron chi connectivity index (χ1n) is 5.56. The van der Waals surface area contributed by atoms with Gasteiger partial charge in [0, 0.05) is 12.6 Å². The molecule has 0 bridgehead atoms. The molecule has 0 rings (SSSR count). The van der Waals surface area contributed by atoms with Crippen molar-refractivity contribution in [3.63, 3.8) is 0 Å². The highest BCUT2D eigenvalue weighted by molar-refractivity contribution is 5.75. The maximum Gasteiger partial charge on any atom is 0.322 e. The van der Waals surface area contributed by atoms with E-state index in [2.05, 4.69) is 30.5 Å². The van der Waals surface area contributed by atoms with Gasteiger partial charge < -0.3 is 15.4 Å². The van der Waals surface area contributed by atoms with Crippen molar-refractivity contribution in [2.24, 2.45) is 5.73 Å². The summed E-state index contributed by atoms with van der Waals surface area (Å²) in [5.74, 6) is -0.327. The SMILES string of the molecule is CCCC(C)N(C)CCC(N)C(=O)OC. The number of rotatable bonds is 7. The van der Waals surface area contributed by atoms with Crippen LogP contribution in [0.25, 0.3) is 0 Å². The lowest BCUT2D eigenvalue weighted by atomic mass is 10.1. The Bertz CT molecular complexity index is 185. The van der Waals surface area contributed by atoms with Crippen molar-refractivity contribution in [2.45, 2.75) is 45.2 Å². The van der Waals surface area contributed by atoms with Gasteiger partial charge in [0.25, 0.3) is 0 Å². The molecule has 0 aliphatic carbocycles. The van der Waals surface area contributed by atoms with Crippen LogP contribution in [0.2, 0.25) is 0 Å². The molecular formula is C11H24N2O2. The molecule has 0 aromatic carbocycles. The fourth-order valence-electron chi connectivity index (χ4n) is 1.47. The van der Waals surface area contributed by atoms with Gasteiger partial charge in [-0.3, -0.25) is 4.79 Å². The molecule has 0 spiro atoms. The molecular weight excluding hydrogens is 192 g/mol. The number of methoxy groups -OCH3 is 1. The van der Waals surface area contributed by atoms with Gasteiger partial charge in [0.2, 0.25) is 0 Å². The summed E-state index contributed by atoms with van der Waals surface area (Å²) >= 11 is 0. The number of carbonyl (C=O) groups excluding carboxylic acids is 1. The molecule has 0 saturated carbocycles. The molecule has 0 amide bonds. The Hall–Kier alpha value is -0.610. The van der Waals surface area contributed by atoms with E-state index in [-0.39, 0.29) is 5.97 Å². The second-order valence-electron chi connectivity index (χ2n) is 4.04. The summed E-state index contributed by atoms with van der Waals surface area (Å²) in [5.41, 5.74) is 5.65. The maximum atomic E-state index is 11.1. The van der Waals surface area contributed by atoms with Gasteiger partial charge in [-0.15, -0.1) is 0 Å². The van der Waals surface area contributed by atoms with Crippen LogP contribution in [0.3, 0.4) is 0 Å². The van der Waals surface area contributed by atoms with Crippen molar-refractivity contribution < 1.29 is 9.53 Å². The summed E-state index contributed by atoms with van der Waals surface area (Å²) in [6.07, 6.45) is 3.00. The third-order valence-electron chi connectivity index (χ3n) is 2.76. The third-order valence-corrected chi connectivity index (χ3v) is 2.76. The Balaban J connectivity index is 3.79. The average molecular weight is 216 g/mol. The van der Waals surface area contributed by atoms with Crippen LogP contribution in [0.4, 0.5) is 0 Å². The van der Waals surface area contributed by atoms with Gasteiger partial charge in [0.1, 0.15) is 6.04 Å². The van der Waals surface area contributed by atoms with E-state index in [0.717, 1.165) is 6.54 Å². The predicted molar refractivity (Wildman–Crippen MR) is 61.6 cm³/mol. The third kappa shape index (κ3) is 5.74. The highest BCUT2D eigenvalue weighted by atomic mass is 16.5. The first-order chi connectivity index (χ1) is 7.02. The molecule has 0 heterocycles. The van der Waals surface area contributed by atoms with E-state index in [1.165, 1.54) is 20.0 Å². The lowest BCUT2D eigenvalue weighted by molar-refractivity contribution is -0.142. The van der Waals surface area contributed by atoms with E-state index in [0.29, 0.717) is 12.5 Å². The Morgan fingerprint density at radius 2 is 2.07 bits per heavy atom. The molecule has 0 aliphatic heterocycles. The topological polar surface area (TPSA) is 55.6 Å². The number of ether oxygens (including phenoxy) is 1. The summed E-state index contributed by atoms with van der Waals surface area (Å²) < 4.78 is 4.57. The minimum atomic E-state index is -0.494. The molecule has 90 valence electrons. The molecule has 0 saturated heterocycles. The molecule has 15 heavy (non-hydrogen) atoms. The molecule has 4 heteroatoms. The van der Waals surface area contributed by atoms with Gasteiger partial charge in [-0.2, -0.15) is 0 Å². The molecule has 0 aliphatic rings. The minimum absolute atomic E-state index is 0.327. The fourth-order valence-corrected chi connectivity index (χ4v) is 1.47. The average Bonchev–Trinajstić information content (AvgIpc) is 2.24. The quantitative estimate of drug-likeness (QED) is 0.645. The standard InChI is InChI=1S/C11H24N2O2/c1-5-6-9(2)13(3)8-7-10(12)11(14)15-4/h9-10H,5-8,12H2,1-4H3. The Labute approximate surface area is 92.8 Å². The Morgan fingerprint density at radius 1 is 1.47 bits per heavy atom. The number of nitrogens with two attached hydrogens (primary N) is 1. The van der Waals surface area contributed by atoms with E-state index in [4.69, 9.17) is 5.73 Å². The van der Waals surface area contributed by atoms with Crippen molar-refractivity contribution in [1.29, 1.82) is 0 Å². The van der Waals surface area contributed by atoms with Gasteiger partial charge in [-0.1, -0.05) is 13.3 Å². The van der Waals surface area contributed by atoms with Gasteiger partial charge in [-0.05, 0) is 26.8 Å². The van der Waals surface area contributed by atoms with E-state index < -0.39 is 6.04 Å². The first-order valence-corrected chi connectivity index (χ1v) is 5.56. The molecule has 4 nitrogen and oxygen atoms in total. The smallest absolute Gasteiger partial charge is 0.322 e. The van der Waals surface area contributed by atoms with Crippen LogP contribution in [-0.4, -0.2) is 43.7 Å². The number of nitrogens with zero attached hydrogens (tertiary/aromatic N) is 1. The van der Waals surface area contributed by atoms with Gasteiger partial charge >= 0.3 is 5.97 Å². The van der Waals surface area contributed by atoms with Crippen LogP contribution < -0.4 is 5.73 Å². The van der Waals surface area contributed by atoms with Crippen LogP contribution in [0, 0.1) is 0 Å². The van der Waals surface area contributed by atoms with Crippen molar-refractivity contribution in [1.82, 2.24) is 4.90 Å². The van der Waals surface area contributed by atoms with Crippen molar-refractivity contribution in [3.8, 4) is 0 Å². The van der Waals surface area contributed by atoms with Crippen LogP contribution in [0.15, 0.2) is 0 Å². The monoisotopic (exact) mass is 216 g/mol. The van der Waals surface area contributed by atoms with Crippen molar-refractivity contribution in [3.05, 3.63) is 0 Å². The maximum absolute atomic E-state index is 11.1. The number of hydrogen-bond donors (Lipinski definition) is 1. The highest BCUT2D eigenvalue weighted by Gasteiger charge is 2.15. The van der Waals surface area contributed by atoms with E-state index in [9.17, 15) is 4.79 Å². The van der Waals surface area contributed by atoms with Crippen molar-refractivity contribution >= 4 is 5.97 Å². The second kappa shape index (κ2) is 7.65. The molecule has 0 aromatic heterocycles. The van der Waals surface area contributed by atoms with Gasteiger partial charge in [-0.25, -0.2) is 0 Å². The van der Waals surface area contributed by atoms with Crippen LogP contribution >= 0.6 is 0 Å². The lowest BCUT2D eigenvalue weighted by Gasteiger charge is -2.25. The minimum Gasteiger partial charge on any atom is -0.468 e. The molecule has 0 fully saturated rings. The molecule has 0 aromatic rings. The molecule has 2 N–H and O–H groups in total. The van der Waals surface area contributed by atoms with E-state index in [1.807, 2.05) is 0 Å².